The van der Waals surface area contributed by atoms with Crippen LogP contribution in [0.15, 0.2) is 83.8 Å². The van der Waals surface area contributed by atoms with Crippen molar-refractivity contribution in [3.8, 4) is 0 Å². The Morgan fingerprint density at radius 3 is 2.25 bits per heavy atom. The van der Waals surface area contributed by atoms with Gasteiger partial charge in [-0.3, -0.25) is 10.2 Å². The highest BCUT2D eigenvalue weighted by Gasteiger charge is 2.20. The van der Waals surface area contributed by atoms with E-state index in [1.165, 1.54) is 11.8 Å². The summed E-state index contributed by atoms with van der Waals surface area (Å²) in [5.41, 5.74) is 3.59. The Bertz CT molecular complexity index is 1030. The van der Waals surface area contributed by atoms with Crippen molar-refractivity contribution in [3.63, 3.8) is 0 Å². The summed E-state index contributed by atoms with van der Waals surface area (Å²) < 4.78 is 0. The summed E-state index contributed by atoms with van der Waals surface area (Å²) in [6.45, 7) is 6.47. The van der Waals surface area contributed by atoms with E-state index in [2.05, 4.69) is 38.2 Å². The van der Waals surface area contributed by atoms with E-state index >= 15 is 0 Å². The van der Waals surface area contributed by atoms with Gasteiger partial charge in [0.05, 0.1) is 11.1 Å². The maximum absolute atomic E-state index is 13.5. The van der Waals surface area contributed by atoms with Crippen molar-refractivity contribution in [2.45, 2.75) is 51.0 Å². The van der Waals surface area contributed by atoms with Crippen molar-refractivity contribution in [2.24, 2.45) is 5.92 Å². The predicted octanol–water partition coefficient (Wildman–Crippen LogP) is 7.27. The maximum Gasteiger partial charge on any atom is 0.252 e. The van der Waals surface area contributed by atoms with Gasteiger partial charge in [-0.05, 0) is 48.1 Å². The number of carbonyl (C=O) groups is 1. The minimum Gasteiger partial charge on any atom is -0.345 e. The molecule has 1 amide bonds. The first-order chi connectivity index (χ1) is 15.5. The number of thioether (sulfide) groups is 1. The molecule has 0 aromatic heterocycles. The van der Waals surface area contributed by atoms with Gasteiger partial charge in [-0.15, -0.1) is 0 Å². The van der Waals surface area contributed by atoms with Gasteiger partial charge in [-0.25, -0.2) is 0 Å². The van der Waals surface area contributed by atoms with Crippen LogP contribution in [0.2, 0.25) is 0 Å². The molecule has 32 heavy (non-hydrogen) atoms. The van der Waals surface area contributed by atoms with Crippen molar-refractivity contribution in [1.29, 1.82) is 5.41 Å². The Labute approximate surface area is 196 Å². The normalized spacial score (nSPS) is 11.9. The Morgan fingerprint density at radius 1 is 0.969 bits per heavy atom. The molecule has 3 rings (SSSR count). The molecule has 0 heterocycles. The van der Waals surface area contributed by atoms with Gasteiger partial charge in [-0.2, -0.15) is 0 Å². The quantitative estimate of drug-likeness (QED) is 0.207. The molecule has 2 N–H and O–H groups in total. The molecule has 0 bridgehead atoms. The number of nitrogens with one attached hydrogen (secondary N) is 2. The average Bonchev–Trinajstić information content (AvgIpc) is 2.80. The molecular weight excluding hydrogens is 412 g/mol. The monoisotopic (exact) mass is 444 g/mol. The first-order valence-corrected chi connectivity index (χ1v) is 12.1. The van der Waals surface area contributed by atoms with Gasteiger partial charge in [0.1, 0.15) is 0 Å². The molecule has 0 fully saturated rings. The summed E-state index contributed by atoms with van der Waals surface area (Å²) in [5.74, 6) is 0.389. The van der Waals surface area contributed by atoms with Crippen LogP contribution < -0.4 is 5.32 Å². The molecule has 0 aliphatic heterocycles. The van der Waals surface area contributed by atoms with Gasteiger partial charge < -0.3 is 5.32 Å². The smallest absolute Gasteiger partial charge is 0.252 e. The lowest BCUT2D eigenvalue weighted by Crippen LogP contribution is -2.30. The van der Waals surface area contributed by atoms with Crippen LogP contribution in [0.5, 0.6) is 0 Å². The van der Waals surface area contributed by atoms with E-state index in [0.29, 0.717) is 16.5 Å². The topological polar surface area (TPSA) is 53.0 Å². The summed E-state index contributed by atoms with van der Waals surface area (Å²) in [6, 6.07) is 25.9. The molecule has 0 saturated carbocycles. The zero-order valence-electron chi connectivity index (χ0n) is 19.1. The SMILES string of the molecule is CCCc1ccc(C(=N)Sc2ccccc2)cc1C(=O)NC(CC(C)C)c1ccccc1. The van der Waals surface area contributed by atoms with Crippen LogP contribution in [0.3, 0.4) is 0 Å². The molecular formula is C28H32N2OS. The number of hydrogen-bond acceptors (Lipinski definition) is 3. The highest BCUT2D eigenvalue weighted by molar-refractivity contribution is 8.14. The van der Waals surface area contributed by atoms with Gasteiger partial charge in [0.25, 0.3) is 5.91 Å². The lowest BCUT2D eigenvalue weighted by Gasteiger charge is -2.22. The van der Waals surface area contributed by atoms with Crippen molar-refractivity contribution >= 4 is 22.7 Å². The molecule has 1 atom stereocenters. The highest BCUT2D eigenvalue weighted by Crippen LogP contribution is 2.26. The number of rotatable bonds is 9. The van der Waals surface area contributed by atoms with E-state index in [0.717, 1.165) is 40.8 Å². The number of carbonyl (C=O) groups excluding carboxylic acids is 1. The highest BCUT2D eigenvalue weighted by atomic mass is 32.2. The van der Waals surface area contributed by atoms with E-state index in [-0.39, 0.29) is 11.9 Å². The second-order valence-corrected chi connectivity index (χ2v) is 9.52. The fourth-order valence-corrected chi connectivity index (χ4v) is 4.53. The summed E-state index contributed by atoms with van der Waals surface area (Å²) in [6.07, 6.45) is 2.67. The maximum atomic E-state index is 13.5. The van der Waals surface area contributed by atoms with Crippen LogP contribution in [0.1, 0.15) is 66.7 Å². The predicted molar refractivity (Wildman–Crippen MR) is 136 cm³/mol. The molecule has 3 aromatic rings. The van der Waals surface area contributed by atoms with Crippen molar-refractivity contribution < 1.29 is 4.79 Å². The van der Waals surface area contributed by atoms with Gasteiger partial charge >= 0.3 is 0 Å². The van der Waals surface area contributed by atoms with Crippen LogP contribution in [0, 0.1) is 11.3 Å². The standard InChI is InChI=1S/C28H32N2OS/c1-4-11-21-16-17-23(27(29)32-24-14-9-6-10-15-24)19-25(21)28(31)30-26(18-20(2)3)22-12-7-5-8-13-22/h5-10,12-17,19-20,26,29H,4,11,18H2,1-3H3,(H,30,31). The minimum absolute atomic E-state index is 0.0417. The lowest BCUT2D eigenvalue weighted by molar-refractivity contribution is 0.0931. The number of amides is 1. The molecule has 1 unspecified atom stereocenters. The lowest BCUT2D eigenvalue weighted by atomic mass is 9.95. The van der Waals surface area contributed by atoms with Crippen LogP contribution in [-0.2, 0) is 6.42 Å². The number of aryl methyl sites for hydroxylation is 1. The van der Waals surface area contributed by atoms with E-state index in [9.17, 15) is 4.79 Å². The molecule has 0 aliphatic rings. The van der Waals surface area contributed by atoms with Crippen LogP contribution in [0.25, 0.3) is 0 Å². The Balaban J connectivity index is 1.87. The number of benzene rings is 3. The van der Waals surface area contributed by atoms with E-state index in [1.807, 2.05) is 66.7 Å². The molecule has 0 saturated heterocycles. The average molecular weight is 445 g/mol. The van der Waals surface area contributed by atoms with Gasteiger partial charge in [0.2, 0.25) is 0 Å². The summed E-state index contributed by atoms with van der Waals surface area (Å²) in [4.78, 5) is 14.5. The van der Waals surface area contributed by atoms with Crippen molar-refractivity contribution in [2.75, 3.05) is 0 Å². The second-order valence-electron chi connectivity index (χ2n) is 8.43. The van der Waals surface area contributed by atoms with E-state index < -0.39 is 0 Å². The molecule has 0 radical (unpaired) electrons. The fraction of sp³-hybridized carbons (Fsp3) is 0.286. The third-order valence-corrected chi connectivity index (χ3v) is 6.26. The Morgan fingerprint density at radius 2 is 1.62 bits per heavy atom. The minimum atomic E-state index is -0.0673. The first kappa shape index (κ1) is 23.8. The molecule has 4 heteroatoms. The summed E-state index contributed by atoms with van der Waals surface area (Å²) >= 11 is 1.41. The number of hydrogen-bond donors (Lipinski definition) is 2. The zero-order valence-corrected chi connectivity index (χ0v) is 19.9. The third kappa shape index (κ3) is 6.57. The van der Waals surface area contributed by atoms with E-state index in [1.54, 1.807) is 0 Å². The zero-order chi connectivity index (χ0) is 22.9. The van der Waals surface area contributed by atoms with Gasteiger partial charge in [0, 0.05) is 16.0 Å². The van der Waals surface area contributed by atoms with Crippen molar-refractivity contribution in [1.82, 2.24) is 5.32 Å². The molecule has 3 nitrogen and oxygen atoms in total. The first-order valence-electron chi connectivity index (χ1n) is 11.3. The molecule has 3 aromatic carbocycles. The van der Waals surface area contributed by atoms with Crippen LogP contribution in [-0.4, -0.2) is 11.0 Å². The summed E-state index contributed by atoms with van der Waals surface area (Å²) in [7, 11) is 0. The largest absolute Gasteiger partial charge is 0.345 e. The van der Waals surface area contributed by atoms with Gasteiger partial charge in [0.15, 0.2) is 0 Å². The third-order valence-electron chi connectivity index (χ3n) is 5.31. The second kappa shape index (κ2) is 11.7. The molecule has 0 aliphatic carbocycles. The van der Waals surface area contributed by atoms with Crippen LogP contribution in [0.4, 0.5) is 0 Å². The summed E-state index contributed by atoms with van der Waals surface area (Å²) in [5, 5.41) is 12.3. The fourth-order valence-electron chi connectivity index (χ4n) is 3.75. The molecule has 166 valence electrons. The van der Waals surface area contributed by atoms with Gasteiger partial charge in [-0.1, -0.05) is 99.6 Å². The Kier molecular flexibility index (Phi) is 8.69. The van der Waals surface area contributed by atoms with E-state index in [4.69, 9.17) is 5.41 Å². The molecule has 0 spiro atoms. The van der Waals surface area contributed by atoms with Crippen molar-refractivity contribution in [3.05, 3.63) is 101 Å². The Hall–Kier alpha value is -2.85. The van der Waals surface area contributed by atoms with Crippen LogP contribution >= 0.6 is 11.8 Å².